The number of piperidine rings is 1. The molecule has 1 aromatic carbocycles. The first-order valence-corrected chi connectivity index (χ1v) is 14.2. The van der Waals surface area contributed by atoms with Crippen molar-refractivity contribution in [3.8, 4) is 17.0 Å². The number of halogens is 1. The molecule has 1 aliphatic heterocycles. The third kappa shape index (κ3) is 6.87. The van der Waals surface area contributed by atoms with E-state index in [1.54, 1.807) is 51.1 Å². The minimum Gasteiger partial charge on any atom is -0.491 e. The lowest BCUT2D eigenvalue weighted by Gasteiger charge is -2.36. The van der Waals surface area contributed by atoms with Crippen LogP contribution in [0.1, 0.15) is 63.2 Å². The molecule has 1 saturated carbocycles. The first-order chi connectivity index (χ1) is 19.9. The molecule has 4 N–H and O–H groups in total. The number of hydrogen-bond acceptors (Lipinski definition) is 9. The molecule has 12 heteroatoms. The number of amides is 2. The van der Waals surface area contributed by atoms with Crippen LogP contribution in [0.4, 0.5) is 15.0 Å². The van der Waals surface area contributed by atoms with Gasteiger partial charge < -0.3 is 30.5 Å². The van der Waals surface area contributed by atoms with Crippen molar-refractivity contribution in [3.63, 3.8) is 0 Å². The van der Waals surface area contributed by atoms with Crippen LogP contribution in [0.25, 0.3) is 22.3 Å². The predicted molar refractivity (Wildman–Crippen MR) is 155 cm³/mol. The van der Waals surface area contributed by atoms with Gasteiger partial charge in [-0.3, -0.25) is 4.79 Å². The van der Waals surface area contributed by atoms with Gasteiger partial charge in [-0.1, -0.05) is 12.8 Å². The number of nitrogens with two attached hydrogens (primary N) is 1. The third-order valence-electron chi connectivity index (χ3n) is 7.44. The molecule has 3 heterocycles. The van der Waals surface area contributed by atoms with E-state index in [1.807, 2.05) is 0 Å². The number of nitrogens with one attached hydrogen (secondary N) is 1. The Balaban J connectivity index is 1.40. The molecule has 2 fully saturated rings. The molecule has 0 bridgehead atoms. The molecule has 0 unspecified atom stereocenters. The van der Waals surface area contributed by atoms with Gasteiger partial charge in [-0.15, -0.1) is 0 Å². The van der Waals surface area contributed by atoms with E-state index < -0.39 is 35.4 Å². The standard InChI is InChI=1S/C30H37FN6O5/c1-29(2,3)42-28(39)37-14-19(31)12-20(15-37)35-27-25-24(33-17-34-27)22(26(32)38)13-23(36-25)18-6-8-21(9-7-18)41-16-30(40)10-4-5-11-30/h6-9,13,17,19-20,40H,4-5,10-12,14-16H2,1-3H3,(H2,32,38)(H,33,34,35)/t19-,20-/m0/s1. The van der Waals surface area contributed by atoms with Gasteiger partial charge in [-0.05, 0) is 63.9 Å². The minimum atomic E-state index is -1.27. The number of hydrogen-bond donors (Lipinski definition) is 3. The van der Waals surface area contributed by atoms with E-state index in [1.165, 1.54) is 11.2 Å². The Morgan fingerprint density at radius 2 is 1.86 bits per heavy atom. The van der Waals surface area contributed by atoms with E-state index in [-0.39, 0.29) is 48.5 Å². The Bertz CT molecular complexity index is 1460. The second-order valence-electron chi connectivity index (χ2n) is 12.1. The lowest BCUT2D eigenvalue weighted by molar-refractivity contribution is 0.00140. The fourth-order valence-corrected chi connectivity index (χ4v) is 5.41. The van der Waals surface area contributed by atoms with Crippen LogP contribution >= 0.6 is 0 Å². The van der Waals surface area contributed by atoms with Gasteiger partial charge >= 0.3 is 6.09 Å². The van der Waals surface area contributed by atoms with E-state index >= 15 is 0 Å². The lowest BCUT2D eigenvalue weighted by atomic mass is 10.0. The first kappa shape index (κ1) is 29.4. The number of nitrogens with zero attached hydrogens (tertiary/aromatic N) is 4. The molecular weight excluding hydrogens is 543 g/mol. The van der Waals surface area contributed by atoms with Crippen molar-refractivity contribution < 1.29 is 28.6 Å². The van der Waals surface area contributed by atoms with Crippen molar-refractivity contribution >= 4 is 28.9 Å². The Morgan fingerprint density at radius 3 is 2.52 bits per heavy atom. The number of aromatic nitrogens is 3. The monoisotopic (exact) mass is 580 g/mol. The van der Waals surface area contributed by atoms with Crippen molar-refractivity contribution in [3.05, 3.63) is 42.2 Å². The average Bonchev–Trinajstić information content (AvgIpc) is 3.37. The number of rotatable bonds is 7. The summed E-state index contributed by atoms with van der Waals surface area (Å²) in [6.07, 6.45) is 3.01. The molecule has 1 saturated heterocycles. The largest absolute Gasteiger partial charge is 0.491 e. The number of likely N-dealkylation sites (tertiary alicyclic amines) is 1. The maximum atomic E-state index is 14.7. The van der Waals surface area contributed by atoms with E-state index in [9.17, 15) is 19.1 Å². The Kier molecular flexibility index (Phi) is 8.18. The van der Waals surface area contributed by atoms with Crippen molar-refractivity contribution in [2.75, 3.05) is 25.0 Å². The van der Waals surface area contributed by atoms with Crippen LogP contribution < -0.4 is 15.8 Å². The summed E-state index contributed by atoms with van der Waals surface area (Å²) in [4.78, 5) is 39.7. The summed E-state index contributed by atoms with van der Waals surface area (Å²) in [6.45, 7) is 5.62. The minimum absolute atomic E-state index is 0.0646. The van der Waals surface area contributed by atoms with Crippen molar-refractivity contribution in [1.29, 1.82) is 0 Å². The summed E-state index contributed by atoms with van der Waals surface area (Å²) in [5.41, 5.74) is 6.07. The van der Waals surface area contributed by atoms with Gasteiger partial charge in [0.25, 0.3) is 5.91 Å². The van der Waals surface area contributed by atoms with Crippen molar-refractivity contribution in [2.24, 2.45) is 5.73 Å². The number of carbonyl (C=O) groups excluding carboxylic acids is 2. The fraction of sp³-hybridized carbons (Fsp3) is 0.500. The van der Waals surface area contributed by atoms with Crippen molar-refractivity contribution in [2.45, 2.75) is 76.3 Å². The predicted octanol–water partition coefficient (Wildman–Crippen LogP) is 4.23. The molecule has 2 atom stereocenters. The Labute approximate surface area is 243 Å². The summed E-state index contributed by atoms with van der Waals surface area (Å²) in [5.74, 6) is 0.210. The highest BCUT2D eigenvalue weighted by atomic mass is 19.1. The van der Waals surface area contributed by atoms with E-state index in [0.29, 0.717) is 17.0 Å². The molecular formula is C30H37FN6O5. The summed E-state index contributed by atoms with van der Waals surface area (Å²) >= 11 is 0. The topological polar surface area (TPSA) is 153 Å². The maximum absolute atomic E-state index is 14.7. The number of ether oxygens (including phenoxy) is 2. The highest BCUT2D eigenvalue weighted by molar-refractivity contribution is 6.06. The van der Waals surface area contributed by atoms with Crippen LogP contribution in [0.5, 0.6) is 5.75 Å². The SMILES string of the molecule is CC(C)(C)OC(=O)N1C[C@@H](F)C[C@H](Nc2ncnc3c(C(N)=O)cc(-c4ccc(OCC5(O)CCCC5)cc4)nc23)C1. The summed E-state index contributed by atoms with van der Waals surface area (Å²) in [7, 11) is 0. The zero-order valence-electron chi connectivity index (χ0n) is 24.1. The molecule has 3 aromatic rings. The number of benzene rings is 1. The Hall–Kier alpha value is -4.06. The molecule has 224 valence electrons. The van der Waals surface area contributed by atoms with Crippen LogP contribution in [-0.4, -0.2) is 80.1 Å². The van der Waals surface area contributed by atoms with Gasteiger partial charge in [-0.2, -0.15) is 0 Å². The normalized spacial score (nSPS) is 20.4. The quantitative estimate of drug-likeness (QED) is 0.373. The number of primary amides is 1. The summed E-state index contributed by atoms with van der Waals surface area (Å²) < 4.78 is 26.0. The van der Waals surface area contributed by atoms with Gasteiger partial charge in [0.2, 0.25) is 0 Å². The molecule has 0 radical (unpaired) electrons. The van der Waals surface area contributed by atoms with Crippen LogP contribution in [-0.2, 0) is 4.74 Å². The third-order valence-corrected chi connectivity index (χ3v) is 7.44. The van der Waals surface area contributed by atoms with Crippen LogP contribution in [0.3, 0.4) is 0 Å². The van der Waals surface area contributed by atoms with Gasteiger partial charge in [0, 0.05) is 24.6 Å². The molecule has 2 aromatic heterocycles. The van der Waals surface area contributed by atoms with Crippen LogP contribution in [0.2, 0.25) is 0 Å². The number of carbonyl (C=O) groups is 2. The van der Waals surface area contributed by atoms with E-state index in [2.05, 4.69) is 15.3 Å². The van der Waals surface area contributed by atoms with Gasteiger partial charge in [0.05, 0.1) is 23.4 Å². The van der Waals surface area contributed by atoms with Crippen LogP contribution in [0.15, 0.2) is 36.7 Å². The number of fused-ring (bicyclic) bond motifs is 1. The van der Waals surface area contributed by atoms with E-state index in [0.717, 1.165) is 25.7 Å². The van der Waals surface area contributed by atoms with E-state index in [4.69, 9.17) is 20.2 Å². The fourth-order valence-electron chi connectivity index (χ4n) is 5.41. The summed E-state index contributed by atoms with van der Waals surface area (Å²) in [6, 6.07) is 8.24. The molecule has 11 nitrogen and oxygen atoms in total. The zero-order valence-corrected chi connectivity index (χ0v) is 24.1. The molecule has 1 aliphatic carbocycles. The highest BCUT2D eigenvalue weighted by Crippen LogP contribution is 2.32. The second kappa shape index (κ2) is 11.7. The molecule has 42 heavy (non-hydrogen) atoms. The van der Waals surface area contributed by atoms with Gasteiger partial charge in [0.15, 0.2) is 5.82 Å². The second-order valence-corrected chi connectivity index (χ2v) is 12.1. The zero-order chi connectivity index (χ0) is 30.1. The van der Waals surface area contributed by atoms with Gasteiger partial charge in [0.1, 0.15) is 41.5 Å². The number of anilines is 1. The smallest absolute Gasteiger partial charge is 0.410 e. The summed E-state index contributed by atoms with van der Waals surface area (Å²) in [5, 5.41) is 13.8. The average molecular weight is 581 g/mol. The van der Waals surface area contributed by atoms with Crippen molar-refractivity contribution in [1.82, 2.24) is 19.9 Å². The lowest BCUT2D eigenvalue weighted by Crippen LogP contribution is -2.51. The molecule has 5 rings (SSSR count). The Morgan fingerprint density at radius 1 is 1.14 bits per heavy atom. The number of pyridine rings is 1. The first-order valence-electron chi connectivity index (χ1n) is 14.2. The van der Waals surface area contributed by atoms with Crippen LogP contribution in [0, 0.1) is 0 Å². The molecule has 2 amide bonds. The number of aliphatic hydroxyl groups is 1. The highest BCUT2D eigenvalue weighted by Gasteiger charge is 2.34. The van der Waals surface area contributed by atoms with Gasteiger partial charge in [-0.25, -0.2) is 24.1 Å². The molecule has 2 aliphatic rings. The molecule has 0 spiro atoms. The number of alkyl halides is 1. The maximum Gasteiger partial charge on any atom is 0.410 e.